The van der Waals surface area contributed by atoms with Gasteiger partial charge in [0, 0.05) is 17.8 Å². The van der Waals surface area contributed by atoms with Gasteiger partial charge in [-0.2, -0.15) is 5.26 Å². The van der Waals surface area contributed by atoms with Crippen LogP contribution in [0.25, 0.3) is 0 Å². The first-order valence-corrected chi connectivity index (χ1v) is 5.26. The summed E-state index contributed by atoms with van der Waals surface area (Å²) in [5.74, 6) is 0.636. The highest BCUT2D eigenvalue weighted by Gasteiger charge is 2.16. The van der Waals surface area contributed by atoms with Crippen LogP contribution in [0.4, 0.5) is 0 Å². The average Bonchev–Trinajstić information content (AvgIpc) is 2.30. The third-order valence-corrected chi connectivity index (χ3v) is 2.94. The molecule has 2 nitrogen and oxygen atoms in total. The van der Waals surface area contributed by atoms with Gasteiger partial charge in [0.15, 0.2) is 0 Å². The molecule has 0 spiro atoms. The van der Waals surface area contributed by atoms with Gasteiger partial charge in [-0.25, -0.2) is 0 Å². The van der Waals surface area contributed by atoms with E-state index in [9.17, 15) is 0 Å². The van der Waals surface area contributed by atoms with E-state index >= 15 is 0 Å². The van der Waals surface area contributed by atoms with Crippen LogP contribution in [0.3, 0.4) is 0 Å². The molecule has 1 aromatic rings. The van der Waals surface area contributed by atoms with Crippen LogP contribution in [-0.2, 0) is 0 Å². The van der Waals surface area contributed by atoms with Crippen molar-refractivity contribution in [2.45, 2.75) is 38.0 Å². The molecule has 2 rings (SSSR count). The Labute approximate surface area is 84.6 Å². The fourth-order valence-corrected chi connectivity index (χ4v) is 2.11. The maximum atomic E-state index is 8.65. The van der Waals surface area contributed by atoms with Crippen molar-refractivity contribution in [1.29, 1.82) is 5.26 Å². The molecule has 1 fully saturated rings. The Kier molecular flexibility index (Phi) is 2.78. The van der Waals surface area contributed by atoms with Crippen LogP contribution in [0.5, 0.6) is 0 Å². The van der Waals surface area contributed by atoms with Gasteiger partial charge in [-0.1, -0.05) is 19.3 Å². The van der Waals surface area contributed by atoms with E-state index in [1.165, 1.54) is 37.8 Å². The molecule has 1 aromatic heterocycles. The molecule has 1 aliphatic carbocycles. The molecule has 1 heterocycles. The summed E-state index contributed by atoms with van der Waals surface area (Å²) in [4.78, 5) is 4.35. The summed E-state index contributed by atoms with van der Waals surface area (Å²) in [6.07, 6.45) is 8.23. The lowest BCUT2D eigenvalue weighted by Gasteiger charge is -2.20. The average molecular weight is 186 g/mol. The lowest BCUT2D eigenvalue weighted by atomic mass is 9.86. The Bertz CT molecular complexity index is 328. The van der Waals surface area contributed by atoms with Crippen molar-refractivity contribution in [3.63, 3.8) is 0 Å². The zero-order valence-electron chi connectivity index (χ0n) is 8.24. The molecule has 0 atom stereocenters. The summed E-state index contributed by atoms with van der Waals surface area (Å²) in [5.41, 5.74) is 1.83. The fourth-order valence-electron chi connectivity index (χ4n) is 2.11. The summed E-state index contributed by atoms with van der Waals surface area (Å²) in [6.45, 7) is 0. The van der Waals surface area contributed by atoms with Gasteiger partial charge in [0.1, 0.15) is 6.07 Å². The minimum Gasteiger partial charge on any atom is -0.260 e. The van der Waals surface area contributed by atoms with Gasteiger partial charge in [0.2, 0.25) is 0 Å². The summed E-state index contributed by atoms with van der Waals surface area (Å²) < 4.78 is 0. The summed E-state index contributed by atoms with van der Waals surface area (Å²) in [7, 11) is 0. The Morgan fingerprint density at radius 1 is 1.21 bits per heavy atom. The van der Waals surface area contributed by atoms with E-state index in [2.05, 4.69) is 11.1 Å². The maximum Gasteiger partial charge on any atom is 0.101 e. The third-order valence-electron chi connectivity index (χ3n) is 2.94. The smallest absolute Gasteiger partial charge is 0.101 e. The molecular weight excluding hydrogens is 172 g/mol. The zero-order valence-corrected chi connectivity index (χ0v) is 8.24. The van der Waals surface area contributed by atoms with E-state index in [4.69, 9.17) is 5.26 Å². The van der Waals surface area contributed by atoms with E-state index in [0.717, 1.165) is 0 Å². The van der Waals surface area contributed by atoms with Gasteiger partial charge in [0.25, 0.3) is 0 Å². The number of nitriles is 1. The Balaban J connectivity index is 2.12. The Hall–Kier alpha value is -1.36. The molecule has 0 aromatic carbocycles. The lowest BCUT2D eigenvalue weighted by molar-refractivity contribution is 0.436. The molecule has 2 heteroatoms. The van der Waals surface area contributed by atoms with Crippen LogP contribution >= 0.6 is 0 Å². The number of hydrogen-bond donors (Lipinski definition) is 0. The topological polar surface area (TPSA) is 36.7 Å². The van der Waals surface area contributed by atoms with Gasteiger partial charge in [-0.3, -0.25) is 4.98 Å². The summed E-state index contributed by atoms with van der Waals surface area (Å²) in [5, 5.41) is 8.65. The van der Waals surface area contributed by atoms with Crippen LogP contribution in [0.1, 0.15) is 49.3 Å². The highest BCUT2D eigenvalue weighted by atomic mass is 14.7. The monoisotopic (exact) mass is 186 g/mol. The minimum absolute atomic E-state index is 0.636. The van der Waals surface area contributed by atoms with Crippen LogP contribution in [0.15, 0.2) is 18.3 Å². The molecular formula is C12H14N2. The molecule has 0 aliphatic heterocycles. The molecule has 0 N–H and O–H groups in total. The largest absolute Gasteiger partial charge is 0.260 e. The second-order valence-corrected chi connectivity index (χ2v) is 3.92. The van der Waals surface area contributed by atoms with Gasteiger partial charge in [-0.15, -0.1) is 0 Å². The number of rotatable bonds is 1. The number of hydrogen-bond acceptors (Lipinski definition) is 2. The molecule has 72 valence electrons. The Morgan fingerprint density at radius 2 is 2.00 bits per heavy atom. The normalized spacial score (nSPS) is 17.6. The lowest BCUT2D eigenvalue weighted by Crippen LogP contribution is -2.06. The van der Waals surface area contributed by atoms with E-state index in [1.54, 1.807) is 6.20 Å². The molecule has 1 saturated carbocycles. The second-order valence-electron chi connectivity index (χ2n) is 3.92. The maximum absolute atomic E-state index is 8.65. The van der Waals surface area contributed by atoms with E-state index in [1.807, 2.05) is 12.1 Å². The SMILES string of the molecule is N#Cc1ccc(C2CCCCC2)nc1. The molecule has 1 aliphatic rings. The summed E-state index contributed by atoms with van der Waals surface area (Å²) >= 11 is 0. The molecule has 0 radical (unpaired) electrons. The van der Waals surface area contributed by atoms with Crippen molar-refractivity contribution in [2.24, 2.45) is 0 Å². The first-order valence-electron chi connectivity index (χ1n) is 5.26. The van der Waals surface area contributed by atoms with Crippen molar-refractivity contribution in [1.82, 2.24) is 4.98 Å². The first-order chi connectivity index (χ1) is 6.90. The Morgan fingerprint density at radius 3 is 2.57 bits per heavy atom. The van der Waals surface area contributed by atoms with E-state index in [0.29, 0.717) is 11.5 Å². The van der Waals surface area contributed by atoms with Crippen LogP contribution in [-0.4, -0.2) is 4.98 Å². The second kappa shape index (κ2) is 4.23. The molecule has 0 bridgehead atoms. The minimum atomic E-state index is 0.636. The van der Waals surface area contributed by atoms with Crippen molar-refractivity contribution in [2.75, 3.05) is 0 Å². The molecule has 14 heavy (non-hydrogen) atoms. The van der Waals surface area contributed by atoms with Crippen molar-refractivity contribution < 1.29 is 0 Å². The highest BCUT2D eigenvalue weighted by molar-refractivity contribution is 5.27. The molecule has 0 unspecified atom stereocenters. The number of aromatic nitrogens is 1. The number of nitrogens with zero attached hydrogens (tertiary/aromatic N) is 2. The molecule has 0 saturated heterocycles. The quantitative estimate of drug-likeness (QED) is 0.676. The van der Waals surface area contributed by atoms with Crippen molar-refractivity contribution in [3.8, 4) is 6.07 Å². The van der Waals surface area contributed by atoms with Crippen molar-refractivity contribution >= 4 is 0 Å². The summed E-state index contributed by atoms with van der Waals surface area (Å²) in [6, 6.07) is 5.98. The zero-order chi connectivity index (χ0) is 9.80. The van der Waals surface area contributed by atoms with Gasteiger partial charge in [-0.05, 0) is 25.0 Å². The van der Waals surface area contributed by atoms with E-state index < -0.39 is 0 Å². The van der Waals surface area contributed by atoms with Gasteiger partial charge >= 0.3 is 0 Å². The number of pyridine rings is 1. The predicted octanol–water partition coefficient (Wildman–Crippen LogP) is 3.00. The fraction of sp³-hybridized carbons (Fsp3) is 0.500. The first kappa shape index (κ1) is 9.21. The van der Waals surface area contributed by atoms with Gasteiger partial charge in [0.05, 0.1) is 5.56 Å². The van der Waals surface area contributed by atoms with Gasteiger partial charge < -0.3 is 0 Å². The standard InChI is InChI=1S/C12H14N2/c13-8-10-6-7-12(14-9-10)11-4-2-1-3-5-11/h6-7,9,11H,1-5H2. The highest BCUT2D eigenvalue weighted by Crippen LogP contribution is 2.31. The van der Waals surface area contributed by atoms with Crippen LogP contribution in [0.2, 0.25) is 0 Å². The van der Waals surface area contributed by atoms with Crippen molar-refractivity contribution in [3.05, 3.63) is 29.6 Å². The van der Waals surface area contributed by atoms with E-state index in [-0.39, 0.29) is 0 Å². The third kappa shape index (κ3) is 1.93. The molecule has 0 amide bonds. The van der Waals surface area contributed by atoms with Crippen LogP contribution < -0.4 is 0 Å². The predicted molar refractivity (Wildman–Crippen MR) is 54.8 cm³/mol. The van der Waals surface area contributed by atoms with Crippen LogP contribution in [0, 0.1) is 11.3 Å².